The molecule has 6 heteroatoms. The van der Waals surface area contributed by atoms with Crippen LogP contribution in [0.2, 0.25) is 0 Å². The maximum absolute atomic E-state index is 12.9. The van der Waals surface area contributed by atoms with Crippen molar-refractivity contribution in [1.29, 1.82) is 0 Å². The van der Waals surface area contributed by atoms with Crippen molar-refractivity contribution in [3.8, 4) is 0 Å². The summed E-state index contributed by atoms with van der Waals surface area (Å²) < 4.78 is 6.65. The number of fused-ring (bicyclic) bond motifs is 1. The van der Waals surface area contributed by atoms with E-state index in [0.29, 0.717) is 12.1 Å². The minimum absolute atomic E-state index is 0.130. The number of aromatic nitrogens is 1. The summed E-state index contributed by atoms with van der Waals surface area (Å²) in [5.41, 5.74) is 7.15. The zero-order chi connectivity index (χ0) is 17.8. The van der Waals surface area contributed by atoms with Crippen molar-refractivity contribution in [2.24, 2.45) is 5.73 Å². The highest BCUT2D eigenvalue weighted by molar-refractivity contribution is 6.35. The first-order chi connectivity index (χ1) is 12.1. The highest BCUT2D eigenvalue weighted by Gasteiger charge is 2.23. The second-order valence-corrected chi connectivity index (χ2v) is 5.99. The Morgan fingerprint density at radius 3 is 2.48 bits per heavy atom. The van der Waals surface area contributed by atoms with Gasteiger partial charge in [-0.3, -0.25) is 4.79 Å². The van der Waals surface area contributed by atoms with Crippen molar-refractivity contribution >= 4 is 34.4 Å². The van der Waals surface area contributed by atoms with E-state index in [-0.39, 0.29) is 12.4 Å². The average Bonchev–Trinajstić information content (AvgIpc) is 3.00. The van der Waals surface area contributed by atoms with Gasteiger partial charge in [0, 0.05) is 22.7 Å². The number of ketones is 1. The fourth-order valence-electron chi connectivity index (χ4n) is 2.78. The number of hydrogen-bond acceptors (Lipinski definition) is 3. The van der Waals surface area contributed by atoms with E-state index >= 15 is 0 Å². The molecule has 2 aromatic carbocycles. The van der Waals surface area contributed by atoms with E-state index in [2.05, 4.69) is 0 Å². The van der Waals surface area contributed by atoms with Gasteiger partial charge in [-0.25, -0.2) is 4.79 Å². The first-order valence-electron chi connectivity index (χ1n) is 7.81. The molecule has 0 aliphatic carbocycles. The molecule has 0 saturated heterocycles. The molecule has 1 unspecified atom stereocenters. The van der Waals surface area contributed by atoms with Gasteiger partial charge in [0.1, 0.15) is 12.0 Å². The summed E-state index contributed by atoms with van der Waals surface area (Å²) in [6.45, 7) is 0.527. The smallest absolute Gasteiger partial charge is 0.404 e. The van der Waals surface area contributed by atoms with Gasteiger partial charge in [0.25, 0.3) is 0 Å². The second-order valence-electron chi connectivity index (χ2n) is 5.56. The number of benzene rings is 2. The van der Waals surface area contributed by atoms with Crippen LogP contribution in [-0.2, 0) is 11.3 Å². The van der Waals surface area contributed by atoms with Crippen LogP contribution in [0.4, 0.5) is 4.79 Å². The Morgan fingerprint density at radius 1 is 1.08 bits per heavy atom. The number of rotatable bonds is 6. The van der Waals surface area contributed by atoms with E-state index in [9.17, 15) is 9.59 Å². The molecule has 0 spiro atoms. The number of amides is 1. The molecule has 0 saturated carbocycles. The van der Waals surface area contributed by atoms with Crippen LogP contribution in [0.3, 0.4) is 0 Å². The minimum atomic E-state index is -0.822. The number of nitrogens with zero attached hydrogens (tertiary/aromatic N) is 1. The molecule has 5 nitrogen and oxygen atoms in total. The molecule has 0 radical (unpaired) electrons. The van der Waals surface area contributed by atoms with Gasteiger partial charge >= 0.3 is 6.09 Å². The van der Waals surface area contributed by atoms with Gasteiger partial charge in [-0.05, 0) is 11.6 Å². The van der Waals surface area contributed by atoms with Gasteiger partial charge in [-0.2, -0.15) is 0 Å². The minimum Gasteiger partial charge on any atom is -0.448 e. The van der Waals surface area contributed by atoms with Gasteiger partial charge < -0.3 is 15.0 Å². The molecule has 1 heterocycles. The molecule has 2 N–H and O–H groups in total. The van der Waals surface area contributed by atoms with E-state index in [1.165, 1.54) is 0 Å². The van der Waals surface area contributed by atoms with Gasteiger partial charge in [0.2, 0.25) is 0 Å². The second kappa shape index (κ2) is 7.40. The van der Waals surface area contributed by atoms with Crippen LogP contribution in [0.5, 0.6) is 0 Å². The topological polar surface area (TPSA) is 74.3 Å². The predicted molar refractivity (Wildman–Crippen MR) is 96.8 cm³/mol. The van der Waals surface area contributed by atoms with Gasteiger partial charge in [-0.15, -0.1) is 11.6 Å². The third kappa shape index (κ3) is 3.67. The van der Waals surface area contributed by atoms with Crippen LogP contribution in [0.25, 0.3) is 10.9 Å². The van der Waals surface area contributed by atoms with Crippen LogP contribution >= 0.6 is 11.6 Å². The molecular formula is C19H17ClN2O3. The maximum atomic E-state index is 12.9. The fourth-order valence-corrected chi connectivity index (χ4v) is 3.05. The number of para-hydroxylation sites is 1. The SMILES string of the molecule is NC(=O)OCCn1cc(C(=O)C(Cl)c2ccccc2)c2ccccc21. The van der Waals surface area contributed by atoms with E-state index in [4.69, 9.17) is 22.1 Å². The number of carbonyl (C=O) groups excluding carboxylic acids is 2. The van der Waals surface area contributed by atoms with Gasteiger partial charge in [-0.1, -0.05) is 48.5 Å². The van der Waals surface area contributed by atoms with E-state index in [0.717, 1.165) is 16.5 Å². The third-order valence-corrected chi connectivity index (χ3v) is 4.40. The number of primary amides is 1. The van der Waals surface area contributed by atoms with Crippen molar-refractivity contribution < 1.29 is 14.3 Å². The molecule has 1 atom stereocenters. The molecular weight excluding hydrogens is 340 g/mol. The van der Waals surface area contributed by atoms with Gasteiger partial charge in [0.05, 0.1) is 6.54 Å². The molecule has 0 aliphatic rings. The summed E-state index contributed by atoms with van der Waals surface area (Å²) in [6.07, 6.45) is 0.924. The summed E-state index contributed by atoms with van der Waals surface area (Å²) in [7, 11) is 0. The number of halogens is 1. The Labute approximate surface area is 149 Å². The van der Waals surface area contributed by atoms with Crippen molar-refractivity contribution in [2.75, 3.05) is 6.61 Å². The highest BCUT2D eigenvalue weighted by Crippen LogP contribution is 2.30. The standard InChI is InChI=1S/C19H17ClN2O3/c20-17(13-6-2-1-3-7-13)18(23)15-12-22(10-11-25-19(21)24)16-9-5-4-8-14(15)16/h1-9,12,17H,10-11H2,(H2,21,24). The quantitative estimate of drug-likeness (QED) is 0.537. The monoisotopic (exact) mass is 356 g/mol. The Balaban J connectivity index is 1.93. The lowest BCUT2D eigenvalue weighted by Gasteiger charge is -2.08. The van der Waals surface area contributed by atoms with E-state index in [1.807, 2.05) is 59.2 Å². The predicted octanol–water partition coefficient (Wildman–Crippen LogP) is 3.90. The highest BCUT2D eigenvalue weighted by atomic mass is 35.5. The summed E-state index contributed by atoms with van der Waals surface area (Å²) in [5, 5.41) is 0.0514. The zero-order valence-corrected chi connectivity index (χ0v) is 14.1. The number of nitrogens with two attached hydrogens (primary N) is 1. The molecule has 3 aromatic rings. The molecule has 0 bridgehead atoms. The lowest BCUT2D eigenvalue weighted by Crippen LogP contribution is -2.16. The lowest BCUT2D eigenvalue weighted by atomic mass is 10.0. The third-order valence-electron chi connectivity index (χ3n) is 3.95. The first-order valence-corrected chi connectivity index (χ1v) is 8.25. The van der Waals surface area contributed by atoms with Crippen molar-refractivity contribution in [1.82, 2.24) is 4.57 Å². The Morgan fingerprint density at radius 2 is 1.76 bits per heavy atom. The number of carbonyl (C=O) groups is 2. The first kappa shape index (κ1) is 17.0. The number of Topliss-reactive ketones (excluding diaryl/α,β-unsaturated/α-hetero) is 1. The van der Waals surface area contributed by atoms with Crippen molar-refractivity contribution in [3.05, 3.63) is 71.9 Å². The van der Waals surface area contributed by atoms with Crippen LogP contribution in [0, 0.1) is 0 Å². The van der Waals surface area contributed by atoms with Crippen LogP contribution in [-0.4, -0.2) is 23.1 Å². The number of alkyl halides is 1. The summed E-state index contributed by atoms with van der Waals surface area (Å²) in [6, 6.07) is 16.8. The van der Waals surface area contributed by atoms with E-state index < -0.39 is 11.5 Å². The molecule has 25 heavy (non-hydrogen) atoms. The Hall–Kier alpha value is -2.79. The lowest BCUT2D eigenvalue weighted by molar-refractivity contribution is 0.0988. The van der Waals surface area contributed by atoms with Crippen LogP contribution in [0.15, 0.2) is 60.8 Å². The van der Waals surface area contributed by atoms with Crippen molar-refractivity contribution in [3.63, 3.8) is 0 Å². The van der Waals surface area contributed by atoms with Crippen LogP contribution in [0.1, 0.15) is 21.3 Å². The summed E-state index contributed by atoms with van der Waals surface area (Å²) >= 11 is 6.40. The van der Waals surface area contributed by atoms with Crippen LogP contribution < -0.4 is 5.73 Å². The molecule has 1 aromatic heterocycles. The molecule has 0 aliphatic heterocycles. The fraction of sp³-hybridized carbons (Fsp3) is 0.158. The Bertz CT molecular complexity index is 905. The van der Waals surface area contributed by atoms with Crippen molar-refractivity contribution in [2.45, 2.75) is 11.9 Å². The molecule has 128 valence electrons. The summed E-state index contributed by atoms with van der Waals surface area (Å²) in [4.78, 5) is 23.6. The molecule has 3 rings (SSSR count). The Kier molecular flexibility index (Phi) is 5.05. The van der Waals surface area contributed by atoms with E-state index in [1.54, 1.807) is 6.20 Å². The largest absolute Gasteiger partial charge is 0.448 e. The summed E-state index contributed by atoms with van der Waals surface area (Å²) in [5.74, 6) is -0.168. The maximum Gasteiger partial charge on any atom is 0.404 e. The van der Waals surface area contributed by atoms with Gasteiger partial charge in [0.15, 0.2) is 5.78 Å². The number of ether oxygens (including phenoxy) is 1. The average molecular weight is 357 g/mol. The zero-order valence-electron chi connectivity index (χ0n) is 13.4. The normalized spacial score (nSPS) is 12.0. The molecule has 1 amide bonds. The molecule has 0 fully saturated rings. The number of hydrogen-bond donors (Lipinski definition) is 1.